The van der Waals surface area contributed by atoms with Crippen molar-refractivity contribution in [3.8, 4) is 11.3 Å². The molecule has 2 aliphatic rings. The summed E-state index contributed by atoms with van der Waals surface area (Å²) in [7, 11) is 0. The molecule has 4 aromatic rings. The fourth-order valence-electron chi connectivity index (χ4n) is 5.29. The maximum atomic E-state index is 13.2. The molecule has 2 atom stereocenters. The van der Waals surface area contributed by atoms with E-state index < -0.39 is 0 Å². The Balaban J connectivity index is 1.35. The smallest absolute Gasteiger partial charge is 0.287 e. The number of nitrogens with one attached hydrogen (secondary N) is 2. The molecule has 1 aliphatic carbocycles. The van der Waals surface area contributed by atoms with E-state index in [0.29, 0.717) is 29.7 Å². The molecule has 0 saturated heterocycles. The van der Waals surface area contributed by atoms with Crippen LogP contribution in [0, 0.1) is 6.92 Å². The fourth-order valence-corrected chi connectivity index (χ4v) is 5.29. The molecular weight excluding hydrogens is 462 g/mol. The van der Waals surface area contributed by atoms with Gasteiger partial charge in [-0.3, -0.25) is 19.3 Å². The number of nitrogens with zero attached hydrogens (tertiary/aromatic N) is 4. The Labute approximate surface area is 215 Å². The molecule has 0 spiro atoms. The molecule has 0 amide bonds. The molecule has 8 nitrogen and oxygen atoms in total. The van der Waals surface area contributed by atoms with Crippen LogP contribution in [0.2, 0.25) is 0 Å². The predicted octanol–water partition coefficient (Wildman–Crippen LogP) is 4.77. The Bertz CT molecular complexity index is 1530. The molecule has 2 aromatic carbocycles. The molecule has 4 N–H and O–H groups in total. The van der Waals surface area contributed by atoms with E-state index in [0.717, 1.165) is 47.5 Å². The summed E-state index contributed by atoms with van der Waals surface area (Å²) in [5.41, 5.74) is 11.4. The quantitative estimate of drug-likeness (QED) is 0.274. The summed E-state index contributed by atoms with van der Waals surface area (Å²) in [5, 5.41) is 6.71. The van der Waals surface area contributed by atoms with Crippen molar-refractivity contribution >= 4 is 23.3 Å². The zero-order valence-corrected chi connectivity index (χ0v) is 20.7. The van der Waals surface area contributed by atoms with Gasteiger partial charge < -0.3 is 16.4 Å². The van der Waals surface area contributed by atoms with Gasteiger partial charge in [0, 0.05) is 23.0 Å². The Morgan fingerprint density at radius 2 is 1.86 bits per heavy atom. The van der Waals surface area contributed by atoms with Gasteiger partial charge in [0.1, 0.15) is 17.2 Å². The van der Waals surface area contributed by atoms with E-state index in [4.69, 9.17) is 10.7 Å². The van der Waals surface area contributed by atoms with Crippen LogP contribution in [-0.4, -0.2) is 26.4 Å². The molecule has 2 aromatic heterocycles. The summed E-state index contributed by atoms with van der Waals surface area (Å²) in [6, 6.07) is 24.3. The van der Waals surface area contributed by atoms with Crippen LogP contribution in [-0.2, 0) is 6.54 Å². The minimum absolute atomic E-state index is 0.211. The number of para-hydroxylation sites is 1. The van der Waals surface area contributed by atoms with E-state index in [1.54, 1.807) is 0 Å². The number of amidine groups is 1. The summed E-state index contributed by atoms with van der Waals surface area (Å²) in [6.45, 7) is 2.36. The Morgan fingerprint density at radius 3 is 2.65 bits per heavy atom. The van der Waals surface area contributed by atoms with Gasteiger partial charge >= 0.3 is 0 Å². The average molecular weight is 492 g/mol. The third-order valence-electron chi connectivity index (χ3n) is 7.12. The van der Waals surface area contributed by atoms with Gasteiger partial charge in [-0.15, -0.1) is 0 Å². The molecule has 1 saturated carbocycles. The number of nitrogens with two attached hydrogens (primary N) is 1. The maximum absolute atomic E-state index is 13.2. The number of aliphatic imine (C=N–C) groups is 1. The molecule has 3 heterocycles. The number of hydrogen-bond donors (Lipinski definition) is 3. The lowest BCUT2D eigenvalue weighted by Gasteiger charge is -2.18. The van der Waals surface area contributed by atoms with Crippen LogP contribution in [0.15, 0.2) is 82.6 Å². The molecule has 8 heteroatoms. The number of nitrogen functional groups attached to an aromatic ring is 1. The van der Waals surface area contributed by atoms with Gasteiger partial charge in [0.2, 0.25) is 5.95 Å². The van der Waals surface area contributed by atoms with Crippen molar-refractivity contribution in [2.75, 3.05) is 16.4 Å². The fraction of sp³-hybridized carbons (Fsp3) is 0.241. The lowest BCUT2D eigenvalue weighted by molar-refractivity contribution is 0.536. The molecule has 1 fully saturated rings. The van der Waals surface area contributed by atoms with Gasteiger partial charge in [0.15, 0.2) is 0 Å². The van der Waals surface area contributed by atoms with Crippen LogP contribution in [0.4, 0.5) is 17.5 Å². The topological polar surface area (TPSA) is 110 Å². The Morgan fingerprint density at radius 1 is 1.05 bits per heavy atom. The molecule has 0 unspecified atom stereocenters. The van der Waals surface area contributed by atoms with Crippen molar-refractivity contribution in [3.05, 3.63) is 100.0 Å². The summed E-state index contributed by atoms with van der Waals surface area (Å²) >= 11 is 0. The third kappa shape index (κ3) is 4.46. The highest BCUT2D eigenvalue weighted by Crippen LogP contribution is 2.40. The van der Waals surface area contributed by atoms with Crippen molar-refractivity contribution < 1.29 is 0 Å². The monoisotopic (exact) mass is 491 g/mol. The first-order chi connectivity index (χ1) is 18.1. The normalized spacial score (nSPS) is 18.2. The number of rotatable bonds is 5. The minimum atomic E-state index is -0.390. The van der Waals surface area contributed by atoms with E-state index in [1.165, 1.54) is 0 Å². The van der Waals surface area contributed by atoms with Crippen molar-refractivity contribution in [1.29, 1.82) is 0 Å². The molecule has 1 aliphatic heterocycles. The predicted molar refractivity (Wildman–Crippen MR) is 148 cm³/mol. The number of anilines is 3. The molecule has 6 rings (SSSR count). The van der Waals surface area contributed by atoms with Gasteiger partial charge in [-0.2, -0.15) is 4.98 Å². The van der Waals surface area contributed by atoms with Gasteiger partial charge in [-0.05, 0) is 56.0 Å². The van der Waals surface area contributed by atoms with E-state index in [1.807, 2.05) is 84.3 Å². The molecule has 186 valence electrons. The van der Waals surface area contributed by atoms with Crippen LogP contribution in [0.5, 0.6) is 0 Å². The van der Waals surface area contributed by atoms with Gasteiger partial charge in [0.05, 0.1) is 18.3 Å². The maximum Gasteiger partial charge on any atom is 0.287 e. The highest BCUT2D eigenvalue weighted by atomic mass is 16.1. The van der Waals surface area contributed by atoms with E-state index in [-0.39, 0.29) is 17.6 Å². The summed E-state index contributed by atoms with van der Waals surface area (Å²) in [4.78, 5) is 27.0. The lowest BCUT2D eigenvalue weighted by Crippen LogP contribution is -2.29. The van der Waals surface area contributed by atoms with Crippen LogP contribution in [0.1, 0.15) is 42.1 Å². The SMILES string of the molecule is Cc1cccc(-c2ccc(CN=C(Nc3ccccc3)c3c(N)n4c(nc3=O)N[C@@H]3CCC[C@@H]34)cc2)n1. The van der Waals surface area contributed by atoms with Gasteiger partial charge in [0.25, 0.3) is 5.56 Å². The number of aromatic nitrogens is 3. The second-order valence-corrected chi connectivity index (χ2v) is 9.64. The molecule has 0 bridgehead atoms. The van der Waals surface area contributed by atoms with Crippen LogP contribution < -0.4 is 21.9 Å². The Hall–Kier alpha value is -4.46. The van der Waals surface area contributed by atoms with Gasteiger partial charge in [-0.25, -0.2) is 0 Å². The summed E-state index contributed by atoms with van der Waals surface area (Å²) in [5.74, 6) is 1.38. The highest BCUT2D eigenvalue weighted by molar-refractivity contribution is 6.10. The second-order valence-electron chi connectivity index (χ2n) is 9.64. The standard InChI is InChI=1S/C29H29N7O/c1-18-7-5-10-22(32-18)20-15-13-19(14-16-20)17-31-27(33-21-8-3-2-4-9-21)25-26(30)36-24-12-6-11-23(24)34-29(36)35-28(25)37/h2-5,7-10,13-16,23-24H,6,11-12,17,30H2,1H3,(H,31,33)(H,34,35,37)/t23-,24+/m1/s1. The Kier molecular flexibility index (Phi) is 5.92. The zero-order valence-electron chi connectivity index (χ0n) is 20.7. The minimum Gasteiger partial charge on any atom is -0.384 e. The van der Waals surface area contributed by atoms with Gasteiger partial charge in [-0.1, -0.05) is 48.5 Å². The van der Waals surface area contributed by atoms with Crippen molar-refractivity contribution in [1.82, 2.24) is 14.5 Å². The first kappa shape index (κ1) is 23.0. The van der Waals surface area contributed by atoms with Crippen LogP contribution >= 0.6 is 0 Å². The van der Waals surface area contributed by atoms with E-state index in [2.05, 4.69) is 20.6 Å². The number of fused-ring (bicyclic) bond motifs is 3. The highest BCUT2D eigenvalue weighted by Gasteiger charge is 2.38. The van der Waals surface area contributed by atoms with E-state index in [9.17, 15) is 4.79 Å². The van der Waals surface area contributed by atoms with Crippen molar-refractivity contribution in [3.63, 3.8) is 0 Å². The molecule has 37 heavy (non-hydrogen) atoms. The van der Waals surface area contributed by atoms with Crippen LogP contribution in [0.25, 0.3) is 11.3 Å². The first-order valence-corrected chi connectivity index (χ1v) is 12.7. The third-order valence-corrected chi connectivity index (χ3v) is 7.12. The molecule has 0 radical (unpaired) electrons. The summed E-state index contributed by atoms with van der Waals surface area (Å²) < 4.78 is 1.99. The van der Waals surface area contributed by atoms with Crippen molar-refractivity contribution in [2.45, 2.75) is 44.8 Å². The number of benzene rings is 2. The van der Waals surface area contributed by atoms with E-state index >= 15 is 0 Å². The average Bonchev–Trinajstić information content (AvgIpc) is 3.49. The second kappa shape index (κ2) is 9.54. The number of aryl methyl sites for hydroxylation is 1. The lowest BCUT2D eigenvalue weighted by atomic mass is 10.1. The number of pyridine rings is 1. The van der Waals surface area contributed by atoms with Crippen LogP contribution in [0.3, 0.4) is 0 Å². The largest absolute Gasteiger partial charge is 0.384 e. The summed E-state index contributed by atoms with van der Waals surface area (Å²) in [6.07, 6.45) is 3.19. The zero-order chi connectivity index (χ0) is 25.4. The van der Waals surface area contributed by atoms with Crippen molar-refractivity contribution in [2.24, 2.45) is 4.99 Å². The first-order valence-electron chi connectivity index (χ1n) is 12.7. The molecular formula is C29H29N7O. The number of hydrogen-bond acceptors (Lipinski definition) is 6.